The molecule has 0 atom stereocenters. The van der Waals surface area contributed by atoms with E-state index in [1.807, 2.05) is 6.42 Å². The predicted octanol–water partition coefficient (Wildman–Crippen LogP) is 2.43. The molecule has 0 bridgehead atoms. The molecule has 45 valence electrons. The fourth-order valence-electron chi connectivity index (χ4n) is 0.772. The van der Waals surface area contributed by atoms with Crippen LogP contribution in [0.15, 0.2) is 48.6 Å². The van der Waals surface area contributed by atoms with Crippen molar-refractivity contribution in [2.45, 2.75) is 0 Å². The van der Waals surface area contributed by atoms with Gasteiger partial charge in [0.1, 0.15) is 0 Å². The molecule has 1 rings (SSSR count). The van der Waals surface area contributed by atoms with Gasteiger partial charge in [-0.1, -0.05) is 26.3 Å². The van der Waals surface area contributed by atoms with Crippen molar-refractivity contribution in [3.63, 3.8) is 0 Å². The van der Waals surface area contributed by atoms with Crippen molar-refractivity contribution in [3.05, 3.63) is 55.0 Å². The van der Waals surface area contributed by atoms with Crippen molar-refractivity contribution in [1.29, 1.82) is 0 Å². The van der Waals surface area contributed by atoms with Gasteiger partial charge in [0.05, 0.1) is 0 Å². The molecule has 0 unspecified atom stereocenters. The first-order chi connectivity index (χ1) is 4.13. The van der Waals surface area contributed by atoms with Crippen LogP contribution >= 0.6 is 0 Å². The zero-order chi connectivity index (χ0) is 7.02. The van der Waals surface area contributed by atoms with Crippen LogP contribution < -0.4 is 0 Å². The Bertz CT molecular complexity index is 192. The average molecular weight is 117 g/mol. The molecule has 9 heavy (non-hydrogen) atoms. The van der Waals surface area contributed by atoms with Crippen LogP contribution in [-0.2, 0) is 0 Å². The molecule has 1 aliphatic rings. The summed E-state index contributed by atoms with van der Waals surface area (Å²) >= 11 is 0. The monoisotopic (exact) mass is 117 g/mol. The summed E-state index contributed by atoms with van der Waals surface area (Å²) in [6.07, 6.45) is 1.89. The predicted molar refractivity (Wildman–Crippen MR) is 40.9 cm³/mol. The molecule has 0 spiro atoms. The van der Waals surface area contributed by atoms with Crippen molar-refractivity contribution in [3.8, 4) is 0 Å². The first kappa shape index (κ1) is 6.09. The van der Waals surface area contributed by atoms with E-state index in [-0.39, 0.29) is 0 Å². The van der Waals surface area contributed by atoms with Gasteiger partial charge in [-0.25, -0.2) is 0 Å². The first-order valence-corrected chi connectivity index (χ1v) is 2.74. The molecule has 1 fully saturated rings. The standard InChI is InChI=1S/C9H9/c1-6-5-7(2)9(4)8(6)3/h5H,1-4H2. The van der Waals surface area contributed by atoms with E-state index in [0.29, 0.717) is 0 Å². The molecule has 1 saturated carbocycles. The van der Waals surface area contributed by atoms with E-state index < -0.39 is 0 Å². The van der Waals surface area contributed by atoms with Crippen molar-refractivity contribution < 1.29 is 0 Å². The second kappa shape index (κ2) is 1.73. The van der Waals surface area contributed by atoms with Gasteiger partial charge in [-0.05, 0) is 22.3 Å². The SMILES string of the molecule is C=C1[CH]C(=C)C(=C)C1=C. The average Bonchev–Trinajstić information content (AvgIpc) is 1.98. The molecule has 0 heterocycles. The van der Waals surface area contributed by atoms with Gasteiger partial charge in [0.2, 0.25) is 0 Å². The van der Waals surface area contributed by atoms with Crippen LogP contribution in [0, 0.1) is 6.42 Å². The van der Waals surface area contributed by atoms with Crippen molar-refractivity contribution >= 4 is 0 Å². The lowest BCUT2D eigenvalue weighted by molar-refractivity contribution is 1.63. The van der Waals surface area contributed by atoms with Gasteiger partial charge >= 0.3 is 0 Å². The molecule has 0 N–H and O–H groups in total. The minimum absolute atomic E-state index is 0.917. The Morgan fingerprint density at radius 1 is 0.778 bits per heavy atom. The van der Waals surface area contributed by atoms with Crippen LogP contribution in [0.25, 0.3) is 0 Å². The van der Waals surface area contributed by atoms with E-state index in [1.54, 1.807) is 0 Å². The molecule has 0 nitrogen and oxygen atoms in total. The lowest BCUT2D eigenvalue weighted by Gasteiger charge is -1.92. The molecule has 1 radical (unpaired) electrons. The summed E-state index contributed by atoms with van der Waals surface area (Å²) < 4.78 is 0. The topological polar surface area (TPSA) is 0 Å². The Labute approximate surface area is 55.9 Å². The second-order valence-electron chi connectivity index (χ2n) is 2.15. The zero-order valence-corrected chi connectivity index (χ0v) is 5.41. The highest BCUT2D eigenvalue weighted by Gasteiger charge is 2.16. The van der Waals surface area contributed by atoms with Gasteiger partial charge in [0.15, 0.2) is 0 Å². The maximum atomic E-state index is 3.78. The normalized spacial score (nSPS) is 19.6. The first-order valence-electron chi connectivity index (χ1n) is 2.74. The van der Waals surface area contributed by atoms with Crippen LogP contribution in [0.1, 0.15) is 0 Å². The van der Waals surface area contributed by atoms with E-state index in [2.05, 4.69) is 26.3 Å². The summed E-state index contributed by atoms with van der Waals surface area (Å²) in [5.74, 6) is 0. The Morgan fingerprint density at radius 2 is 1.11 bits per heavy atom. The van der Waals surface area contributed by atoms with Gasteiger partial charge in [-0.15, -0.1) is 0 Å². The van der Waals surface area contributed by atoms with Crippen molar-refractivity contribution in [2.24, 2.45) is 0 Å². The smallest absolute Gasteiger partial charge is 0.0199 e. The molecule has 1 aliphatic carbocycles. The van der Waals surface area contributed by atoms with E-state index in [9.17, 15) is 0 Å². The largest absolute Gasteiger partial charge is 0.0946 e. The maximum absolute atomic E-state index is 3.78. The van der Waals surface area contributed by atoms with E-state index in [1.165, 1.54) is 0 Å². The van der Waals surface area contributed by atoms with Gasteiger partial charge in [0.25, 0.3) is 0 Å². The van der Waals surface area contributed by atoms with Crippen LogP contribution in [0.5, 0.6) is 0 Å². The highest BCUT2D eigenvalue weighted by molar-refractivity contribution is 5.67. The molecular weight excluding hydrogens is 108 g/mol. The van der Waals surface area contributed by atoms with E-state index in [0.717, 1.165) is 22.3 Å². The summed E-state index contributed by atoms with van der Waals surface area (Å²) in [4.78, 5) is 0. The zero-order valence-electron chi connectivity index (χ0n) is 5.41. The van der Waals surface area contributed by atoms with Crippen LogP contribution in [0.3, 0.4) is 0 Å². The van der Waals surface area contributed by atoms with Crippen LogP contribution in [-0.4, -0.2) is 0 Å². The molecule has 0 amide bonds. The van der Waals surface area contributed by atoms with E-state index in [4.69, 9.17) is 0 Å². The minimum Gasteiger partial charge on any atom is -0.0946 e. The number of hydrogen-bond acceptors (Lipinski definition) is 0. The molecular formula is C9H9. The van der Waals surface area contributed by atoms with Crippen molar-refractivity contribution in [2.75, 3.05) is 0 Å². The summed E-state index contributed by atoms with van der Waals surface area (Å²) in [6.45, 7) is 15.1. The third-order valence-electron chi connectivity index (χ3n) is 1.49. The Balaban J connectivity index is 3.04. The highest BCUT2D eigenvalue weighted by atomic mass is 14.2. The molecule has 0 aliphatic heterocycles. The fraction of sp³-hybridized carbons (Fsp3) is 0. The van der Waals surface area contributed by atoms with Crippen LogP contribution in [0.4, 0.5) is 0 Å². The van der Waals surface area contributed by atoms with Crippen molar-refractivity contribution in [1.82, 2.24) is 0 Å². The van der Waals surface area contributed by atoms with Gasteiger partial charge < -0.3 is 0 Å². The summed E-state index contributed by atoms with van der Waals surface area (Å²) in [7, 11) is 0. The van der Waals surface area contributed by atoms with Gasteiger partial charge in [-0.2, -0.15) is 0 Å². The molecule has 0 aromatic heterocycles. The van der Waals surface area contributed by atoms with Crippen LogP contribution in [0.2, 0.25) is 0 Å². The summed E-state index contributed by atoms with van der Waals surface area (Å²) in [5.41, 5.74) is 3.70. The minimum atomic E-state index is 0.917. The van der Waals surface area contributed by atoms with Gasteiger partial charge in [-0.3, -0.25) is 0 Å². The summed E-state index contributed by atoms with van der Waals surface area (Å²) in [5, 5.41) is 0. The Hall–Kier alpha value is -1.04. The number of rotatable bonds is 0. The summed E-state index contributed by atoms with van der Waals surface area (Å²) in [6, 6.07) is 0. The lowest BCUT2D eigenvalue weighted by Crippen LogP contribution is -1.73. The maximum Gasteiger partial charge on any atom is 0.0199 e. The third-order valence-corrected chi connectivity index (χ3v) is 1.49. The molecule has 0 heteroatoms. The quantitative estimate of drug-likeness (QED) is 0.457. The van der Waals surface area contributed by atoms with Gasteiger partial charge in [0, 0.05) is 6.42 Å². The Morgan fingerprint density at radius 3 is 1.22 bits per heavy atom. The number of hydrogen-bond donors (Lipinski definition) is 0. The lowest BCUT2D eigenvalue weighted by atomic mass is 10.1. The number of allylic oxidation sites excluding steroid dienone is 4. The molecule has 0 saturated heterocycles. The van der Waals surface area contributed by atoms with E-state index >= 15 is 0 Å². The Kier molecular flexibility index (Phi) is 1.17. The fourth-order valence-corrected chi connectivity index (χ4v) is 0.772. The highest BCUT2D eigenvalue weighted by Crippen LogP contribution is 2.33. The second-order valence-corrected chi connectivity index (χ2v) is 2.15. The molecule has 0 aromatic carbocycles. The third kappa shape index (κ3) is 0.765. The molecule has 0 aromatic rings.